The van der Waals surface area contributed by atoms with Crippen molar-refractivity contribution in [3.05, 3.63) is 47.4 Å². The number of aromatic nitrogens is 5. The molecule has 4 rings (SSSR count). The van der Waals surface area contributed by atoms with Crippen molar-refractivity contribution in [1.29, 1.82) is 0 Å². The average Bonchev–Trinajstić information content (AvgIpc) is 3.26. The monoisotopic (exact) mass is 358 g/mol. The Kier molecular flexibility index (Phi) is 4.08. The Morgan fingerprint density at radius 3 is 2.92 bits per heavy atom. The van der Waals surface area contributed by atoms with E-state index in [0.29, 0.717) is 24.6 Å². The van der Waals surface area contributed by atoms with Crippen molar-refractivity contribution in [3.63, 3.8) is 0 Å². The molecule has 0 aliphatic carbocycles. The number of hydrogen-bond acceptors (Lipinski definition) is 6. The molecule has 25 heavy (non-hydrogen) atoms. The van der Waals surface area contributed by atoms with Crippen LogP contribution in [0.2, 0.25) is 0 Å². The Morgan fingerprint density at radius 2 is 2.24 bits per heavy atom. The van der Waals surface area contributed by atoms with Crippen molar-refractivity contribution < 1.29 is 9.21 Å². The van der Waals surface area contributed by atoms with E-state index in [4.69, 9.17) is 4.42 Å². The number of aromatic amines is 1. The molecule has 0 spiro atoms. The molecule has 1 fully saturated rings. The van der Waals surface area contributed by atoms with Crippen molar-refractivity contribution in [2.45, 2.75) is 30.8 Å². The van der Waals surface area contributed by atoms with Crippen molar-refractivity contribution in [3.8, 4) is 0 Å². The maximum Gasteiger partial charge on any atom is 0.289 e. The summed E-state index contributed by atoms with van der Waals surface area (Å²) in [6.45, 7) is 5.33. The van der Waals surface area contributed by atoms with Gasteiger partial charge >= 0.3 is 0 Å². The molecule has 3 aromatic rings. The van der Waals surface area contributed by atoms with E-state index in [1.54, 1.807) is 11.0 Å². The molecule has 0 bridgehead atoms. The van der Waals surface area contributed by atoms with E-state index >= 15 is 0 Å². The lowest BCUT2D eigenvalue weighted by molar-refractivity contribution is 0.0464. The number of rotatable bonds is 5. The van der Waals surface area contributed by atoms with E-state index in [0.717, 1.165) is 22.3 Å². The number of nitrogens with zero attached hydrogens (tertiary/aromatic N) is 5. The largest absolute Gasteiger partial charge is 0.455 e. The zero-order chi connectivity index (χ0) is 17.4. The average molecular weight is 358 g/mol. The molecule has 9 heteroatoms. The summed E-state index contributed by atoms with van der Waals surface area (Å²) in [5.74, 6) is 1.63. The lowest BCUT2D eigenvalue weighted by Gasteiger charge is -2.39. The van der Waals surface area contributed by atoms with E-state index in [1.165, 1.54) is 18.1 Å². The number of likely N-dealkylation sites (tertiary alicyclic amines) is 1. The third kappa shape index (κ3) is 3.19. The fourth-order valence-corrected chi connectivity index (χ4v) is 3.59. The van der Waals surface area contributed by atoms with E-state index < -0.39 is 0 Å². The maximum absolute atomic E-state index is 12.5. The third-order valence-electron chi connectivity index (χ3n) is 4.16. The highest BCUT2D eigenvalue weighted by atomic mass is 32.2. The van der Waals surface area contributed by atoms with Crippen molar-refractivity contribution >= 4 is 17.7 Å². The van der Waals surface area contributed by atoms with Gasteiger partial charge in [0.05, 0.1) is 17.5 Å². The van der Waals surface area contributed by atoms with Crippen LogP contribution in [-0.2, 0) is 5.75 Å². The van der Waals surface area contributed by atoms with Gasteiger partial charge in [-0.05, 0) is 32.0 Å². The predicted octanol–water partition coefficient (Wildman–Crippen LogP) is 2.20. The van der Waals surface area contributed by atoms with E-state index in [2.05, 4.69) is 26.3 Å². The molecule has 4 heterocycles. The quantitative estimate of drug-likeness (QED) is 0.703. The minimum absolute atomic E-state index is 0.0753. The topological polar surface area (TPSA) is 92.8 Å². The maximum atomic E-state index is 12.5. The van der Waals surface area contributed by atoms with Crippen molar-refractivity contribution in [2.24, 2.45) is 0 Å². The summed E-state index contributed by atoms with van der Waals surface area (Å²) in [4.78, 5) is 18.3. The first-order valence-corrected chi connectivity index (χ1v) is 8.97. The molecule has 8 nitrogen and oxygen atoms in total. The predicted molar refractivity (Wildman–Crippen MR) is 91.3 cm³/mol. The van der Waals surface area contributed by atoms with Gasteiger partial charge in [0.2, 0.25) is 0 Å². The number of thioether (sulfide) groups is 1. The Morgan fingerprint density at radius 1 is 1.40 bits per heavy atom. The van der Waals surface area contributed by atoms with E-state index in [1.807, 2.05) is 24.6 Å². The number of hydrogen-bond donors (Lipinski definition) is 1. The Balaban J connectivity index is 1.34. The zero-order valence-electron chi connectivity index (χ0n) is 14.0. The Labute approximate surface area is 148 Å². The minimum atomic E-state index is -0.0753. The van der Waals surface area contributed by atoms with E-state index in [9.17, 15) is 4.79 Å². The van der Waals surface area contributed by atoms with Crippen LogP contribution in [0.5, 0.6) is 0 Å². The number of carbonyl (C=O) groups excluding carboxylic acids is 1. The highest BCUT2D eigenvalue weighted by Gasteiger charge is 2.34. The fourth-order valence-electron chi connectivity index (χ4n) is 2.92. The van der Waals surface area contributed by atoms with Crippen LogP contribution in [0.4, 0.5) is 0 Å². The number of furan rings is 1. The normalized spacial score (nSPS) is 14.7. The van der Waals surface area contributed by atoms with E-state index in [-0.39, 0.29) is 11.9 Å². The molecular weight excluding hydrogens is 340 g/mol. The second-order valence-corrected chi connectivity index (χ2v) is 7.04. The summed E-state index contributed by atoms with van der Waals surface area (Å²) in [6.07, 6.45) is 1.46. The number of carbonyl (C=O) groups is 1. The number of H-pyrrole nitrogens is 1. The summed E-state index contributed by atoms with van der Waals surface area (Å²) in [6, 6.07) is 5.86. The molecule has 1 aliphatic heterocycles. The Hall–Kier alpha value is -2.55. The molecule has 0 atom stereocenters. The van der Waals surface area contributed by atoms with Gasteiger partial charge in [0.15, 0.2) is 10.9 Å². The molecule has 0 radical (unpaired) electrons. The second-order valence-electron chi connectivity index (χ2n) is 6.08. The molecule has 1 aliphatic rings. The number of amides is 1. The molecule has 0 aromatic carbocycles. The summed E-state index contributed by atoms with van der Waals surface area (Å²) in [5.41, 5.74) is 2.13. The van der Waals surface area contributed by atoms with Gasteiger partial charge in [0.1, 0.15) is 12.1 Å². The van der Waals surface area contributed by atoms with Crippen LogP contribution in [0.15, 0.2) is 34.1 Å². The van der Waals surface area contributed by atoms with Crippen LogP contribution in [0, 0.1) is 13.8 Å². The van der Waals surface area contributed by atoms with Crippen molar-refractivity contribution in [1.82, 2.24) is 29.9 Å². The van der Waals surface area contributed by atoms with Crippen LogP contribution in [0.3, 0.4) is 0 Å². The van der Waals surface area contributed by atoms with Gasteiger partial charge < -0.3 is 9.32 Å². The zero-order valence-corrected chi connectivity index (χ0v) is 14.8. The first-order chi connectivity index (χ1) is 12.1. The van der Waals surface area contributed by atoms with Crippen LogP contribution >= 0.6 is 11.8 Å². The van der Waals surface area contributed by atoms with Crippen molar-refractivity contribution in [2.75, 3.05) is 13.1 Å². The van der Waals surface area contributed by atoms with Gasteiger partial charge in [-0.2, -0.15) is 10.2 Å². The molecular formula is C16H18N6O2S. The third-order valence-corrected chi connectivity index (χ3v) is 5.06. The molecule has 0 saturated carbocycles. The summed E-state index contributed by atoms with van der Waals surface area (Å²) < 4.78 is 7.67. The van der Waals surface area contributed by atoms with Crippen LogP contribution in [-0.4, -0.2) is 48.9 Å². The van der Waals surface area contributed by atoms with Gasteiger partial charge in [-0.1, -0.05) is 11.8 Å². The fraction of sp³-hybridized carbons (Fsp3) is 0.375. The lowest BCUT2D eigenvalue weighted by Crippen LogP contribution is -2.51. The minimum Gasteiger partial charge on any atom is -0.455 e. The molecule has 1 N–H and O–H groups in total. The first kappa shape index (κ1) is 15.9. The van der Waals surface area contributed by atoms with Gasteiger partial charge in [0.25, 0.3) is 5.91 Å². The highest BCUT2D eigenvalue weighted by molar-refractivity contribution is 7.98. The van der Waals surface area contributed by atoms with Crippen LogP contribution in [0.25, 0.3) is 0 Å². The standard InChI is InChI=1S/C16H18N6O2S/c1-10-5-11(2)22(20-10)12-6-21(7-12)15(23)14-4-3-13(24-14)8-25-16-17-9-18-19-16/h3-5,9,12H,6-8H2,1-2H3,(H,17,18,19). The molecule has 1 amide bonds. The highest BCUT2D eigenvalue weighted by Crippen LogP contribution is 2.26. The SMILES string of the molecule is Cc1cc(C)n(C2CN(C(=O)c3ccc(CSc4ncn[nH]4)o3)C2)n1. The summed E-state index contributed by atoms with van der Waals surface area (Å²) in [5, 5.41) is 11.8. The Bertz CT molecular complexity index is 878. The molecule has 3 aromatic heterocycles. The summed E-state index contributed by atoms with van der Waals surface area (Å²) in [7, 11) is 0. The van der Waals surface area contributed by atoms with Crippen LogP contribution in [0.1, 0.15) is 33.7 Å². The lowest BCUT2D eigenvalue weighted by atomic mass is 10.1. The molecule has 130 valence electrons. The van der Waals surface area contributed by atoms with Gasteiger partial charge in [-0.3, -0.25) is 14.6 Å². The first-order valence-electron chi connectivity index (χ1n) is 7.99. The van der Waals surface area contributed by atoms with Crippen LogP contribution < -0.4 is 0 Å². The summed E-state index contributed by atoms with van der Waals surface area (Å²) >= 11 is 1.48. The number of nitrogens with one attached hydrogen (secondary N) is 1. The number of aryl methyl sites for hydroxylation is 2. The smallest absolute Gasteiger partial charge is 0.289 e. The second kappa shape index (κ2) is 6.40. The van der Waals surface area contributed by atoms with Gasteiger partial charge in [-0.15, -0.1) is 0 Å². The molecule has 1 saturated heterocycles. The van der Waals surface area contributed by atoms with Gasteiger partial charge in [-0.25, -0.2) is 4.98 Å². The molecule has 0 unspecified atom stereocenters. The van der Waals surface area contributed by atoms with Gasteiger partial charge in [0, 0.05) is 18.8 Å².